The van der Waals surface area contributed by atoms with Crippen LogP contribution in [-0.2, 0) is 4.79 Å². The third-order valence-electron chi connectivity index (χ3n) is 2.60. The van der Waals surface area contributed by atoms with Crippen LogP contribution in [0, 0.1) is 0 Å². The zero-order valence-electron chi connectivity index (χ0n) is 10.2. The number of nitrogens with zero attached hydrogens (tertiary/aromatic N) is 1. The lowest BCUT2D eigenvalue weighted by Crippen LogP contribution is -2.39. The zero-order chi connectivity index (χ0) is 11.5. The third-order valence-corrected chi connectivity index (χ3v) is 3.86. The van der Waals surface area contributed by atoms with Gasteiger partial charge in [-0.2, -0.15) is 0 Å². The molecule has 1 N–H and O–H groups in total. The normalized spacial score (nSPS) is 21.7. The molecule has 0 saturated carbocycles. The van der Waals surface area contributed by atoms with Crippen molar-refractivity contribution < 1.29 is 4.79 Å². The van der Waals surface area contributed by atoms with Crippen LogP contribution in [0.4, 0.5) is 0 Å². The number of nitrogens with one attached hydrogen (secondary N) is 1. The molecule has 15 heavy (non-hydrogen) atoms. The summed E-state index contributed by atoms with van der Waals surface area (Å²) in [5, 5.41) is 3.28. The van der Waals surface area contributed by atoms with Crippen LogP contribution in [0.2, 0.25) is 0 Å². The van der Waals surface area contributed by atoms with Gasteiger partial charge in [-0.3, -0.25) is 4.79 Å². The van der Waals surface area contributed by atoms with E-state index in [4.69, 9.17) is 0 Å². The molecule has 1 heterocycles. The Balaban J connectivity index is 2.32. The molecule has 1 saturated heterocycles. The standard InChI is InChI=1S/C11H22N2OS/c1-11(2,3)15-8-10(14)13(4)9-5-6-12-7-9/h9,12H,5-8H2,1-4H3. The van der Waals surface area contributed by atoms with E-state index >= 15 is 0 Å². The van der Waals surface area contributed by atoms with E-state index in [-0.39, 0.29) is 10.7 Å². The van der Waals surface area contributed by atoms with Crippen molar-refractivity contribution in [3.05, 3.63) is 0 Å². The Morgan fingerprint density at radius 2 is 2.20 bits per heavy atom. The van der Waals surface area contributed by atoms with E-state index in [9.17, 15) is 4.79 Å². The summed E-state index contributed by atoms with van der Waals surface area (Å²) in [6.45, 7) is 8.41. The predicted octanol–water partition coefficient (Wildman–Crippen LogP) is 1.34. The lowest BCUT2D eigenvalue weighted by atomic mass is 10.2. The maximum atomic E-state index is 11.9. The molecule has 1 unspecified atom stereocenters. The van der Waals surface area contributed by atoms with E-state index in [0.29, 0.717) is 11.8 Å². The van der Waals surface area contributed by atoms with Crippen LogP contribution in [0.25, 0.3) is 0 Å². The minimum atomic E-state index is 0.171. The van der Waals surface area contributed by atoms with Crippen LogP contribution >= 0.6 is 11.8 Å². The first-order valence-electron chi connectivity index (χ1n) is 5.50. The van der Waals surface area contributed by atoms with Crippen LogP contribution in [0.5, 0.6) is 0 Å². The van der Waals surface area contributed by atoms with E-state index in [0.717, 1.165) is 19.5 Å². The van der Waals surface area contributed by atoms with Crippen LogP contribution in [0.1, 0.15) is 27.2 Å². The van der Waals surface area contributed by atoms with Crippen molar-refractivity contribution in [2.24, 2.45) is 0 Å². The summed E-state index contributed by atoms with van der Waals surface area (Å²) < 4.78 is 0.171. The van der Waals surface area contributed by atoms with Crippen molar-refractivity contribution in [3.63, 3.8) is 0 Å². The topological polar surface area (TPSA) is 32.3 Å². The van der Waals surface area contributed by atoms with Gasteiger partial charge in [-0.25, -0.2) is 0 Å². The molecule has 1 aliphatic heterocycles. The first-order valence-corrected chi connectivity index (χ1v) is 6.49. The molecule has 0 aliphatic carbocycles. The van der Waals surface area contributed by atoms with E-state index < -0.39 is 0 Å². The first kappa shape index (κ1) is 12.8. The highest BCUT2D eigenvalue weighted by atomic mass is 32.2. The fraction of sp³-hybridized carbons (Fsp3) is 0.909. The van der Waals surface area contributed by atoms with Crippen LogP contribution in [0.3, 0.4) is 0 Å². The molecule has 1 fully saturated rings. The number of thioether (sulfide) groups is 1. The molecule has 1 aliphatic rings. The Hall–Kier alpha value is -0.220. The lowest BCUT2D eigenvalue weighted by Gasteiger charge is -2.25. The summed E-state index contributed by atoms with van der Waals surface area (Å²) in [6.07, 6.45) is 1.09. The molecule has 0 spiro atoms. The van der Waals surface area contributed by atoms with Gasteiger partial charge in [0.15, 0.2) is 0 Å². The zero-order valence-corrected chi connectivity index (χ0v) is 11.0. The second-order valence-corrected chi connectivity index (χ2v) is 6.85. The maximum absolute atomic E-state index is 11.9. The fourth-order valence-electron chi connectivity index (χ4n) is 1.55. The molecule has 0 aromatic carbocycles. The lowest BCUT2D eigenvalue weighted by molar-refractivity contribution is -0.128. The van der Waals surface area contributed by atoms with Gasteiger partial charge in [0.05, 0.1) is 5.75 Å². The Morgan fingerprint density at radius 1 is 1.53 bits per heavy atom. The molecule has 1 atom stereocenters. The van der Waals surface area contributed by atoms with Crippen molar-refractivity contribution in [2.45, 2.75) is 38.0 Å². The van der Waals surface area contributed by atoms with Gasteiger partial charge in [-0.05, 0) is 13.0 Å². The molecule has 3 nitrogen and oxygen atoms in total. The van der Waals surface area contributed by atoms with Crippen molar-refractivity contribution in [1.82, 2.24) is 10.2 Å². The van der Waals surface area contributed by atoms with Crippen LogP contribution < -0.4 is 5.32 Å². The first-order chi connectivity index (χ1) is 6.90. The number of rotatable bonds is 3. The molecule has 0 bridgehead atoms. The predicted molar refractivity (Wildman–Crippen MR) is 66.3 cm³/mol. The minimum Gasteiger partial charge on any atom is -0.341 e. The average Bonchev–Trinajstić information content (AvgIpc) is 2.64. The van der Waals surface area contributed by atoms with Crippen molar-refractivity contribution in [1.29, 1.82) is 0 Å². The van der Waals surface area contributed by atoms with Crippen molar-refractivity contribution in [3.8, 4) is 0 Å². The molecule has 1 amide bonds. The Labute approximate surface area is 97.0 Å². The van der Waals surface area contributed by atoms with E-state index in [2.05, 4.69) is 26.1 Å². The minimum absolute atomic E-state index is 0.171. The number of hydrogen-bond donors (Lipinski definition) is 1. The number of carbonyl (C=O) groups is 1. The van der Waals surface area contributed by atoms with Gasteiger partial charge in [-0.1, -0.05) is 20.8 Å². The Bertz CT molecular complexity index is 219. The van der Waals surface area contributed by atoms with Gasteiger partial charge in [0.2, 0.25) is 5.91 Å². The SMILES string of the molecule is CN(C(=O)CSC(C)(C)C)C1CCNC1. The quantitative estimate of drug-likeness (QED) is 0.794. The largest absolute Gasteiger partial charge is 0.341 e. The third kappa shape index (κ3) is 4.43. The van der Waals surface area contributed by atoms with Gasteiger partial charge in [0.25, 0.3) is 0 Å². The molecule has 0 radical (unpaired) electrons. The number of amides is 1. The summed E-state index contributed by atoms with van der Waals surface area (Å²) in [7, 11) is 1.92. The highest BCUT2D eigenvalue weighted by molar-refractivity contribution is 8.01. The smallest absolute Gasteiger partial charge is 0.232 e. The van der Waals surface area contributed by atoms with Gasteiger partial charge < -0.3 is 10.2 Å². The summed E-state index contributed by atoms with van der Waals surface area (Å²) >= 11 is 1.72. The molecular weight excluding hydrogens is 208 g/mol. The van der Waals surface area contributed by atoms with Crippen LogP contribution in [-0.4, -0.2) is 47.5 Å². The fourth-order valence-corrected chi connectivity index (χ4v) is 2.31. The molecule has 4 heteroatoms. The second kappa shape index (κ2) is 5.21. The van der Waals surface area contributed by atoms with E-state index in [1.165, 1.54) is 0 Å². The highest BCUT2D eigenvalue weighted by Gasteiger charge is 2.24. The van der Waals surface area contributed by atoms with Gasteiger partial charge >= 0.3 is 0 Å². The average molecular weight is 230 g/mol. The highest BCUT2D eigenvalue weighted by Crippen LogP contribution is 2.23. The van der Waals surface area contributed by atoms with Crippen molar-refractivity contribution in [2.75, 3.05) is 25.9 Å². The number of carbonyl (C=O) groups excluding carboxylic acids is 1. The van der Waals surface area contributed by atoms with Gasteiger partial charge in [-0.15, -0.1) is 11.8 Å². The second-order valence-electron chi connectivity index (χ2n) is 5.05. The molecule has 0 aromatic heterocycles. The van der Waals surface area contributed by atoms with E-state index in [1.807, 2.05) is 11.9 Å². The number of likely N-dealkylation sites (N-methyl/N-ethyl adjacent to an activating group) is 1. The van der Waals surface area contributed by atoms with Gasteiger partial charge in [0, 0.05) is 24.4 Å². The molecule has 88 valence electrons. The van der Waals surface area contributed by atoms with Crippen LogP contribution in [0.15, 0.2) is 0 Å². The summed E-state index contributed by atoms with van der Waals surface area (Å²) in [5.74, 6) is 0.847. The van der Waals surface area contributed by atoms with Crippen molar-refractivity contribution >= 4 is 17.7 Å². The van der Waals surface area contributed by atoms with E-state index in [1.54, 1.807) is 11.8 Å². The summed E-state index contributed by atoms with van der Waals surface area (Å²) in [5.41, 5.74) is 0. The molecule has 0 aromatic rings. The Morgan fingerprint density at radius 3 is 2.67 bits per heavy atom. The monoisotopic (exact) mass is 230 g/mol. The maximum Gasteiger partial charge on any atom is 0.232 e. The summed E-state index contributed by atoms with van der Waals surface area (Å²) in [4.78, 5) is 13.8. The number of hydrogen-bond acceptors (Lipinski definition) is 3. The van der Waals surface area contributed by atoms with Gasteiger partial charge in [0.1, 0.15) is 0 Å². The molecular formula is C11H22N2OS. The Kier molecular flexibility index (Phi) is 4.46. The molecule has 1 rings (SSSR count). The summed E-state index contributed by atoms with van der Waals surface area (Å²) in [6, 6.07) is 0.401.